The molecule has 1 aliphatic rings. The molecule has 0 radical (unpaired) electrons. The molecule has 0 spiro atoms. The molecular formula is C17H11Cl2NO4S. The topological polar surface area (TPSA) is 64.6 Å². The summed E-state index contributed by atoms with van der Waals surface area (Å²) in [6, 6.07) is 10.2. The lowest BCUT2D eigenvalue weighted by Gasteiger charge is -2.11. The predicted molar refractivity (Wildman–Crippen MR) is 98.6 cm³/mol. The molecule has 25 heavy (non-hydrogen) atoms. The fourth-order valence-corrected chi connectivity index (χ4v) is 3.36. The van der Waals surface area contributed by atoms with Crippen molar-refractivity contribution >= 4 is 52.2 Å². The lowest BCUT2D eigenvalue weighted by atomic mass is 10.2. The normalized spacial score (nSPS) is 15.4. The smallest absolute Gasteiger partial charge is 0.290 e. The van der Waals surface area contributed by atoms with Gasteiger partial charge in [0.2, 0.25) is 0 Å². The standard InChI is InChI=1S/C17H11Cl2NO4S/c1-23-10-2-4-11(5-3-10)24-15-12(18)6-9(7-13(15)19)8-14-16(21)20-17(22)25-14/h2-8H,1H3,(H,20,21,22)/b14-8+. The minimum Gasteiger partial charge on any atom is -0.497 e. The SMILES string of the molecule is COc1ccc(Oc2c(Cl)cc(/C=C3/SC(=O)NC3=O)cc2Cl)cc1. The van der Waals surface area contributed by atoms with Crippen LogP contribution in [0.2, 0.25) is 10.0 Å². The molecule has 2 amide bonds. The number of thioether (sulfide) groups is 1. The molecule has 128 valence electrons. The number of imide groups is 1. The molecule has 5 nitrogen and oxygen atoms in total. The second-order valence-corrected chi connectivity index (χ2v) is 6.77. The molecule has 1 saturated heterocycles. The van der Waals surface area contributed by atoms with Gasteiger partial charge in [0.1, 0.15) is 11.5 Å². The molecule has 2 aromatic rings. The molecule has 8 heteroatoms. The number of hydrogen-bond donors (Lipinski definition) is 1. The molecule has 0 atom stereocenters. The molecule has 0 aromatic heterocycles. The summed E-state index contributed by atoms with van der Waals surface area (Å²) in [4.78, 5) is 23.1. The van der Waals surface area contributed by atoms with Gasteiger partial charge in [-0.1, -0.05) is 23.2 Å². The Balaban J connectivity index is 1.86. The van der Waals surface area contributed by atoms with E-state index >= 15 is 0 Å². The molecule has 1 aliphatic heterocycles. The summed E-state index contributed by atoms with van der Waals surface area (Å²) in [5.41, 5.74) is 0.587. The number of halogens is 2. The first-order chi connectivity index (χ1) is 12.0. The molecular weight excluding hydrogens is 385 g/mol. The Bertz CT molecular complexity index is 858. The van der Waals surface area contributed by atoms with E-state index in [9.17, 15) is 9.59 Å². The van der Waals surface area contributed by atoms with Crippen LogP contribution in [0.1, 0.15) is 5.56 Å². The minimum atomic E-state index is -0.444. The molecule has 0 bridgehead atoms. The summed E-state index contributed by atoms with van der Waals surface area (Å²) in [6.45, 7) is 0. The lowest BCUT2D eigenvalue weighted by molar-refractivity contribution is -0.115. The highest BCUT2D eigenvalue weighted by Gasteiger charge is 2.25. The van der Waals surface area contributed by atoms with E-state index in [0.29, 0.717) is 22.8 Å². The van der Waals surface area contributed by atoms with Gasteiger partial charge in [0.25, 0.3) is 11.1 Å². The monoisotopic (exact) mass is 395 g/mol. The van der Waals surface area contributed by atoms with Gasteiger partial charge in [0, 0.05) is 0 Å². The van der Waals surface area contributed by atoms with Crippen LogP contribution in [0.3, 0.4) is 0 Å². The van der Waals surface area contributed by atoms with Gasteiger partial charge in [0.05, 0.1) is 22.1 Å². The Labute approximate surface area is 157 Å². The Morgan fingerprint density at radius 1 is 1.04 bits per heavy atom. The molecule has 2 aromatic carbocycles. The zero-order valence-electron chi connectivity index (χ0n) is 12.8. The maximum Gasteiger partial charge on any atom is 0.290 e. The van der Waals surface area contributed by atoms with Crippen LogP contribution in [0.15, 0.2) is 41.3 Å². The Morgan fingerprint density at radius 3 is 2.16 bits per heavy atom. The van der Waals surface area contributed by atoms with Crippen molar-refractivity contribution in [2.45, 2.75) is 0 Å². The number of benzene rings is 2. The zero-order chi connectivity index (χ0) is 18.0. The second kappa shape index (κ2) is 7.39. The number of carbonyl (C=O) groups is 2. The molecule has 1 fully saturated rings. The summed E-state index contributed by atoms with van der Waals surface area (Å²) >= 11 is 13.3. The fraction of sp³-hybridized carbons (Fsp3) is 0.0588. The second-order valence-electron chi connectivity index (χ2n) is 4.94. The van der Waals surface area contributed by atoms with Crippen LogP contribution in [0.5, 0.6) is 17.2 Å². The van der Waals surface area contributed by atoms with E-state index in [2.05, 4.69) is 5.32 Å². The Morgan fingerprint density at radius 2 is 1.64 bits per heavy atom. The van der Waals surface area contributed by atoms with E-state index in [1.54, 1.807) is 49.6 Å². The largest absolute Gasteiger partial charge is 0.497 e. The number of nitrogens with one attached hydrogen (secondary N) is 1. The number of hydrogen-bond acceptors (Lipinski definition) is 5. The molecule has 0 saturated carbocycles. The lowest BCUT2D eigenvalue weighted by Crippen LogP contribution is -2.17. The average Bonchev–Trinajstić information content (AvgIpc) is 2.89. The fourth-order valence-electron chi connectivity index (χ4n) is 2.09. The first-order valence-corrected chi connectivity index (χ1v) is 8.59. The van der Waals surface area contributed by atoms with Crippen molar-refractivity contribution in [1.29, 1.82) is 0 Å². The number of ether oxygens (including phenoxy) is 2. The van der Waals surface area contributed by atoms with Crippen LogP contribution in [0.4, 0.5) is 4.79 Å². The van der Waals surface area contributed by atoms with Crippen LogP contribution < -0.4 is 14.8 Å². The minimum absolute atomic E-state index is 0.279. The third-order valence-electron chi connectivity index (χ3n) is 3.24. The summed E-state index contributed by atoms with van der Waals surface area (Å²) in [5, 5.41) is 2.34. The zero-order valence-corrected chi connectivity index (χ0v) is 15.2. The Hall–Kier alpha value is -2.15. The van der Waals surface area contributed by atoms with Gasteiger partial charge in [-0.3, -0.25) is 14.9 Å². The van der Waals surface area contributed by atoms with Crippen molar-refractivity contribution in [2.75, 3.05) is 7.11 Å². The number of rotatable bonds is 4. The van der Waals surface area contributed by atoms with Crippen molar-refractivity contribution in [3.63, 3.8) is 0 Å². The van der Waals surface area contributed by atoms with Crippen LogP contribution in [0.25, 0.3) is 6.08 Å². The number of carbonyl (C=O) groups excluding carboxylic acids is 2. The third-order valence-corrected chi connectivity index (χ3v) is 4.61. The van der Waals surface area contributed by atoms with Crippen molar-refractivity contribution in [3.05, 3.63) is 56.9 Å². The molecule has 1 heterocycles. The van der Waals surface area contributed by atoms with E-state index in [1.165, 1.54) is 0 Å². The maximum absolute atomic E-state index is 11.6. The highest BCUT2D eigenvalue weighted by Crippen LogP contribution is 2.39. The third kappa shape index (κ3) is 4.10. The van der Waals surface area contributed by atoms with Crippen LogP contribution in [0, 0.1) is 0 Å². The van der Waals surface area contributed by atoms with E-state index in [-0.39, 0.29) is 15.0 Å². The molecule has 0 aliphatic carbocycles. The van der Waals surface area contributed by atoms with E-state index in [1.807, 2.05) is 0 Å². The number of amides is 2. The van der Waals surface area contributed by atoms with E-state index in [0.717, 1.165) is 11.8 Å². The van der Waals surface area contributed by atoms with Gasteiger partial charge in [-0.05, 0) is 59.8 Å². The van der Waals surface area contributed by atoms with Gasteiger partial charge < -0.3 is 9.47 Å². The van der Waals surface area contributed by atoms with Gasteiger partial charge >= 0.3 is 0 Å². The summed E-state index contributed by atoms with van der Waals surface area (Å²) in [6.07, 6.45) is 1.54. The maximum atomic E-state index is 11.6. The quantitative estimate of drug-likeness (QED) is 0.727. The Kier molecular flexibility index (Phi) is 5.22. The van der Waals surface area contributed by atoms with Crippen molar-refractivity contribution in [1.82, 2.24) is 5.32 Å². The van der Waals surface area contributed by atoms with Gasteiger partial charge in [0.15, 0.2) is 5.75 Å². The van der Waals surface area contributed by atoms with Gasteiger partial charge in [-0.25, -0.2) is 0 Å². The van der Waals surface area contributed by atoms with E-state index < -0.39 is 11.1 Å². The molecule has 1 N–H and O–H groups in total. The predicted octanol–water partition coefficient (Wildman–Crippen LogP) is 5.12. The molecule has 0 unspecified atom stereocenters. The van der Waals surface area contributed by atoms with Gasteiger partial charge in [-0.15, -0.1) is 0 Å². The molecule has 3 rings (SSSR count). The summed E-state index contributed by atoms with van der Waals surface area (Å²) < 4.78 is 10.8. The van der Waals surface area contributed by atoms with Crippen LogP contribution in [-0.4, -0.2) is 18.3 Å². The van der Waals surface area contributed by atoms with Gasteiger partial charge in [-0.2, -0.15) is 0 Å². The summed E-state index contributed by atoms with van der Waals surface area (Å²) in [7, 11) is 1.58. The van der Waals surface area contributed by atoms with Crippen molar-refractivity contribution in [3.8, 4) is 17.2 Å². The number of methoxy groups -OCH3 is 1. The highest BCUT2D eigenvalue weighted by molar-refractivity contribution is 8.18. The van der Waals surface area contributed by atoms with Crippen LogP contribution >= 0.6 is 35.0 Å². The van der Waals surface area contributed by atoms with Crippen molar-refractivity contribution in [2.24, 2.45) is 0 Å². The van der Waals surface area contributed by atoms with E-state index in [4.69, 9.17) is 32.7 Å². The first-order valence-electron chi connectivity index (χ1n) is 7.02. The van der Waals surface area contributed by atoms with Crippen LogP contribution in [-0.2, 0) is 4.79 Å². The summed E-state index contributed by atoms with van der Waals surface area (Å²) in [5.74, 6) is 1.11. The average molecular weight is 396 g/mol. The first kappa shape index (κ1) is 17.7. The van der Waals surface area contributed by atoms with Crippen molar-refractivity contribution < 1.29 is 19.1 Å². The highest BCUT2D eigenvalue weighted by atomic mass is 35.5.